The maximum Gasteiger partial charge on any atom is 0.308 e. The zero-order valence-electron chi connectivity index (χ0n) is 10.4. The minimum absolute atomic E-state index is 0.0282. The van der Waals surface area contributed by atoms with Crippen LogP contribution >= 0.6 is 0 Å². The molecule has 0 aliphatic carbocycles. The number of rotatable bonds is 5. The number of aliphatic hydroxyl groups is 1. The van der Waals surface area contributed by atoms with Gasteiger partial charge in [-0.1, -0.05) is 6.07 Å². The molecule has 1 atom stereocenters. The molecule has 1 aromatic carbocycles. The number of hydrogen-bond donors (Lipinski definition) is 1. The van der Waals surface area contributed by atoms with Crippen LogP contribution in [0.5, 0.6) is 5.75 Å². The van der Waals surface area contributed by atoms with E-state index in [0.29, 0.717) is 12.2 Å². The van der Waals surface area contributed by atoms with E-state index in [1.165, 1.54) is 0 Å². The van der Waals surface area contributed by atoms with Gasteiger partial charge in [-0.2, -0.15) is 0 Å². The molecule has 0 heterocycles. The van der Waals surface area contributed by atoms with Crippen LogP contribution in [0, 0.1) is 6.92 Å². The van der Waals surface area contributed by atoms with Crippen LogP contribution in [0.2, 0.25) is 0 Å². The van der Waals surface area contributed by atoms with E-state index in [4.69, 9.17) is 9.47 Å². The fourth-order valence-corrected chi connectivity index (χ4v) is 1.60. The Hall–Kier alpha value is -1.55. The quantitative estimate of drug-likeness (QED) is 0.797. The van der Waals surface area contributed by atoms with Crippen LogP contribution in [-0.2, 0) is 9.53 Å². The number of esters is 1. The zero-order chi connectivity index (χ0) is 12.8. The van der Waals surface area contributed by atoms with Crippen molar-refractivity contribution in [2.75, 3.05) is 13.7 Å². The van der Waals surface area contributed by atoms with Gasteiger partial charge in [0.05, 0.1) is 26.2 Å². The number of carbonyl (C=O) groups excluding carboxylic acids is 1. The van der Waals surface area contributed by atoms with Crippen molar-refractivity contribution < 1.29 is 19.4 Å². The molecule has 1 N–H and O–H groups in total. The molecular weight excluding hydrogens is 220 g/mol. The van der Waals surface area contributed by atoms with Gasteiger partial charge in [0.25, 0.3) is 0 Å². The third-order valence-electron chi connectivity index (χ3n) is 2.47. The third-order valence-corrected chi connectivity index (χ3v) is 2.47. The monoisotopic (exact) mass is 238 g/mol. The lowest BCUT2D eigenvalue weighted by atomic mass is 10.0. The van der Waals surface area contributed by atoms with Gasteiger partial charge >= 0.3 is 5.97 Å². The summed E-state index contributed by atoms with van der Waals surface area (Å²) in [6.07, 6.45) is -0.863. The number of benzene rings is 1. The molecule has 0 aliphatic rings. The molecule has 0 bridgehead atoms. The van der Waals surface area contributed by atoms with E-state index in [0.717, 1.165) is 11.3 Å². The van der Waals surface area contributed by atoms with Crippen molar-refractivity contribution in [3.8, 4) is 5.75 Å². The van der Waals surface area contributed by atoms with Gasteiger partial charge in [-0.25, -0.2) is 0 Å². The van der Waals surface area contributed by atoms with Crippen molar-refractivity contribution in [3.05, 3.63) is 29.3 Å². The molecule has 4 heteroatoms. The normalized spacial score (nSPS) is 12.0. The third kappa shape index (κ3) is 3.75. The molecule has 0 aromatic heterocycles. The molecule has 4 nitrogen and oxygen atoms in total. The van der Waals surface area contributed by atoms with Crippen LogP contribution in [0.3, 0.4) is 0 Å². The van der Waals surface area contributed by atoms with Crippen molar-refractivity contribution in [2.45, 2.75) is 26.4 Å². The molecule has 94 valence electrons. The van der Waals surface area contributed by atoms with Gasteiger partial charge < -0.3 is 14.6 Å². The maximum atomic E-state index is 11.2. The van der Waals surface area contributed by atoms with Crippen molar-refractivity contribution in [3.63, 3.8) is 0 Å². The zero-order valence-corrected chi connectivity index (χ0v) is 10.4. The fraction of sp³-hybridized carbons (Fsp3) is 0.462. The lowest BCUT2D eigenvalue weighted by molar-refractivity contribution is -0.145. The first-order valence-electron chi connectivity index (χ1n) is 5.56. The fourth-order valence-electron chi connectivity index (χ4n) is 1.60. The Kier molecular flexibility index (Phi) is 4.97. The number of carbonyl (C=O) groups is 1. The van der Waals surface area contributed by atoms with E-state index in [9.17, 15) is 9.90 Å². The molecule has 0 saturated carbocycles. The summed E-state index contributed by atoms with van der Waals surface area (Å²) >= 11 is 0. The average molecular weight is 238 g/mol. The van der Waals surface area contributed by atoms with Gasteiger partial charge in [0, 0.05) is 0 Å². The Morgan fingerprint density at radius 2 is 2.18 bits per heavy atom. The van der Waals surface area contributed by atoms with Crippen LogP contribution in [0.1, 0.15) is 30.6 Å². The minimum Gasteiger partial charge on any atom is -0.496 e. The molecule has 1 unspecified atom stereocenters. The Morgan fingerprint density at radius 1 is 1.47 bits per heavy atom. The SMILES string of the molecule is CCOC(=O)CC(O)c1ccc(OC)c(C)c1. The summed E-state index contributed by atoms with van der Waals surface area (Å²) < 4.78 is 9.91. The molecule has 0 spiro atoms. The highest BCUT2D eigenvalue weighted by molar-refractivity contribution is 5.70. The Balaban J connectivity index is 2.72. The van der Waals surface area contributed by atoms with Gasteiger partial charge in [0.2, 0.25) is 0 Å². The van der Waals surface area contributed by atoms with Gasteiger partial charge in [-0.15, -0.1) is 0 Å². The average Bonchev–Trinajstić information content (AvgIpc) is 2.29. The van der Waals surface area contributed by atoms with Crippen LogP contribution in [-0.4, -0.2) is 24.8 Å². The first-order valence-corrected chi connectivity index (χ1v) is 5.56. The summed E-state index contributed by atoms with van der Waals surface area (Å²) in [6, 6.07) is 5.33. The molecular formula is C13H18O4. The summed E-state index contributed by atoms with van der Waals surface area (Å²) in [6.45, 7) is 3.95. The number of methoxy groups -OCH3 is 1. The van der Waals surface area contributed by atoms with E-state index in [-0.39, 0.29) is 6.42 Å². The first kappa shape index (κ1) is 13.5. The van der Waals surface area contributed by atoms with Gasteiger partial charge in [0.1, 0.15) is 5.75 Å². The summed E-state index contributed by atoms with van der Waals surface area (Å²) in [4.78, 5) is 11.2. The van der Waals surface area contributed by atoms with E-state index < -0.39 is 12.1 Å². The molecule has 1 rings (SSSR count). The van der Waals surface area contributed by atoms with Crippen LogP contribution in [0.25, 0.3) is 0 Å². The topological polar surface area (TPSA) is 55.8 Å². The summed E-state index contributed by atoms with van der Waals surface area (Å²) in [5.74, 6) is 0.366. The van der Waals surface area contributed by atoms with Crippen LogP contribution in [0.4, 0.5) is 0 Å². The van der Waals surface area contributed by atoms with Gasteiger partial charge in [-0.3, -0.25) is 4.79 Å². The molecule has 0 aliphatic heterocycles. The molecule has 0 saturated heterocycles. The predicted octanol–water partition coefficient (Wildman–Crippen LogP) is 1.99. The van der Waals surface area contributed by atoms with Gasteiger partial charge in [-0.05, 0) is 37.1 Å². The second kappa shape index (κ2) is 6.25. The summed E-state index contributed by atoms with van der Waals surface area (Å²) in [7, 11) is 1.59. The number of ether oxygens (including phenoxy) is 2. The largest absolute Gasteiger partial charge is 0.496 e. The van der Waals surface area contributed by atoms with E-state index in [1.807, 2.05) is 13.0 Å². The summed E-state index contributed by atoms with van der Waals surface area (Å²) in [5.41, 5.74) is 1.62. The molecule has 17 heavy (non-hydrogen) atoms. The van der Waals surface area contributed by atoms with Gasteiger partial charge in [0.15, 0.2) is 0 Å². The lowest BCUT2D eigenvalue weighted by Gasteiger charge is -2.12. The minimum atomic E-state index is -0.835. The number of aryl methyl sites for hydroxylation is 1. The molecule has 0 fully saturated rings. The highest BCUT2D eigenvalue weighted by Gasteiger charge is 2.14. The lowest BCUT2D eigenvalue weighted by Crippen LogP contribution is -2.10. The Bertz CT molecular complexity index is 387. The number of aliphatic hydroxyl groups excluding tert-OH is 1. The second-order valence-electron chi connectivity index (χ2n) is 3.75. The van der Waals surface area contributed by atoms with Crippen LogP contribution in [0.15, 0.2) is 18.2 Å². The van der Waals surface area contributed by atoms with E-state index >= 15 is 0 Å². The van der Waals surface area contributed by atoms with E-state index in [1.54, 1.807) is 26.2 Å². The van der Waals surface area contributed by atoms with Crippen molar-refractivity contribution in [1.82, 2.24) is 0 Å². The molecule has 0 amide bonds. The molecule has 1 aromatic rings. The molecule has 0 radical (unpaired) electrons. The Morgan fingerprint density at radius 3 is 2.71 bits per heavy atom. The van der Waals surface area contributed by atoms with Crippen molar-refractivity contribution >= 4 is 5.97 Å². The number of hydrogen-bond acceptors (Lipinski definition) is 4. The Labute approximate surface area is 101 Å². The van der Waals surface area contributed by atoms with E-state index in [2.05, 4.69) is 0 Å². The van der Waals surface area contributed by atoms with Crippen LogP contribution < -0.4 is 4.74 Å². The summed E-state index contributed by atoms with van der Waals surface area (Å²) in [5, 5.41) is 9.86. The standard InChI is InChI=1S/C13H18O4/c1-4-17-13(15)8-11(14)10-5-6-12(16-3)9(2)7-10/h5-7,11,14H,4,8H2,1-3H3. The first-order chi connectivity index (χ1) is 8.08. The highest BCUT2D eigenvalue weighted by Crippen LogP contribution is 2.24. The maximum absolute atomic E-state index is 11.2. The predicted molar refractivity (Wildman–Crippen MR) is 63.9 cm³/mol. The van der Waals surface area contributed by atoms with Crippen molar-refractivity contribution in [1.29, 1.82) is 0 Å². The highest BCUT2D eigenvalue weighted by atomic mass is 16.5. The smallest absolute Gasteiger partial charge is 0.308 e. The van der Waals surface area contributed by atoms with Crippen molar-refractivity contribution in [2.24, 2.45) is 0 Å². The second-order valence-corrected chi connectivity index (χ2v) is 3.75.